The second-order valence-electron chi connectivity index (χ2n) is 10.7. The van der Waals surface area contributed by atoms with Crippen molar-refractivity contribution in [2.75, 3.05) is 12.0 Å². The molecular formula is C31H30N2O4S. The zero-order chi connectivity index (χ0) is 27.4. The third-order valence-corrected chi connectivity index (χ3v) is 7.91. The minimum atomic E-state index is -0.836. The monoisotopic (exact) mass is 526 g/mol. The molecule has 1 amide bonds. The van der Waals surface area contributed by atoms with Gasteiger partial charge in [0.15, 0.2) is 5.13 Å². The molecule has 1 atom stereocenters. The van der Waals surface area contributed by atoms with Gasteiger partial charge in [-0.1, -0.05) is 74.6 Å². The second-order valence-corrected chi connectivity index (χ2v) is 11.7. The highest BCUT2D eigenvalue weighted by atomic mass is 32.1. The molecule has 1 saturated heterocycles. The Bertz CT molecular complexity index is 1610. The van der Waals surface area contributed by atoms with Crippen molar-refractivity contribution in [3.63, 3.8) is 0 Å². The Kier molecular flexibility index (Phi) is 6.35. The van der Waals surface area contributed by atoms with Crippen LogP contribution in [0.25, 0.3) is 16.0 Å². The smallest absolute Gasteiger partial charge is 0.301 e. The van der Waals surface area contributed by atoms with Gasteiger partial charge in [0.05, 0.1) is 28.9 Å². The molecule has 0 aliphatic carbocycles. The van der Waals surface area contributed by atoms with Crippen LogP contribution >= 0.6 is 11.3 Å². The van der Waals surface area contributed by atoms with Crippen LogP contribution < -0.4 is 9.64 Å². The Labute approximate surface area is 226 Å². The lowest BCUT2D eigenvalue weighted by atomic mass is 9.85. The Morgan fingerprint density at radius 1 is 1.03 bits per heavy atom. The number of methoxy groups -OCH3 is 1. The maximum atomic E-state index is 13.6. The van der Waals surface area contributed by atoms with E-state index in [4.69, 9.17) is 9.72 Å². The summed E-state index contributed by atoms with van der Waals surface area (Å²) in [5.41, 5.74) is 5.09. The minimum absolute atomic E-state index is 0.0268. The zero-order valence-corrected chi connectivity index (χ0v) is 23.1. The van der Waals surface area contributed by atoms with E-state index in [0.29, 0.717) is 22.0 Å². The Balaban J connectivity index is 1.73. The molecule has 1 N–H and O–H groups in total. The molecule has 4 aromatic rings. The number of fused-ring (bicyclic) bond motifs is 1. The summed E-state index contributed by atoms with van der Waals surface area (Å²) in [6.07, 6.45) is 0. The first-order valence-corrected chi connectivity index (χ1v) is 13.2. The summed E-state index contributed by atoms with van der Waals surface area (Å²) in [7, 11) is 1.53. The van der Waals surface area contributed by atoms with Crippen LogP contribution in [0, 0.1) is 13.8 Å². The first kappa shape index (κ1) is 25.7. The van der Waals surface area contributed by atoms with Crippen molar-refractivity contribution in [3.8, 4) is 5.75 Å². The van der Waals surface area contributed by atoms with Gasteiger partial charge < -0.3 is 9.84 Å². The molecule has 7 heteroatoms. The highest BCUT2D eigenvalue weighted by Gasteiger charge is 2.48. The largest absolute Gasteiger partial charge is 0.507 e. The molecular weight excluding hydrogens is 496 g/mol. The topological polar surface area (TPSA) is 79.7 Å². The number of Topliss-reactive ketones (excluding diaryl/α,β-unsaturated/α-hetero) is 1. The van der Waals surface area contributed by atoms with Crippen molar-refractivity contribution in [1.82, 2.24) is 4.98 Å². The SMILES string of the molecule is COc1cccc(C(O)=C2C(=O)C(=O)N(c3nc4c(C)cc(C)cc4s3)[C@@H]2c2ccc(C(C)(C)C)cc2)c1. The van der Waals surface area contributed by atoms with E-state index in [2.05, 4.69) is 20.8 Å². The number of carbonyl (C=O) groups is 2. The van der Waals surface area contributed by atoms with Gasteiger partial charge in [0, 0.05) is 5.56 Å². The van der Waals surface area contributed by atoms with E-state index in [-0.39, 0.29) is 16.7 Å². The quantitative estimate of drug-likeness (QED) is 0.179. The van der Waals surface area contributed by atoms with Gasteiger partial charge in [-0.05, 0) is 59.7 Å². The lowest BCUT2D eigenvalue weighted by Crippen LogP contribution is -2.29. The summed E-state index contributed by atoms with van der Waals surface area (Å²) in [5, 5.41) is 11.9. The van der Waals surface area contributed by atoms with Gasteiger partial charge in [-0.15, -0.1) is 0 Å². The average molecular weight is 527 g/mol. The number of carbonyl (C=O) groups excluding carboxylic acids is 2. The standard InChI is InChI=1S/C31H30N2O4S/c1-17-14-18(2)25-23(15-17)38-30(32-25)33-26(19-10-12-21(13-11-19)31(3,4)5)24(28(35)29(33)36)27(34)20-8-7-9-22(16-20)37-6/h7-16,26,34H,1-6H3/t26-/m1/s1. The molecule has 0 bridgehead atoms. The number of aromatic nitrogens is 1. The van der Waals surface area contributed by atoms with Gasteiger partial charge in [-0.25, -0.2) is 4.98 Å². The van der Waals surface area contributed by atoms with Crippen LogP contribution in [-0.2, 0) is 15.0 Å². The number of anilines is 1. The number of thiazole rings is 1. The molecule has 194 valence electrons. The molecule has 1 aromatic heterocycles. The number of ketones is 1. The maximum absolute atomic E-state index is 13.6. The van der Waals surface area contributed by atoms with Crippen LogP contribution in [0.2, 0.25) is 0 Å². The van der Waals surface area contributed by atoms with E-state index in [1.807, 2.05) is 50.2 Å². The number of aliphatic hydroxyl groups is 1. The molecule has 0 spiro atoms. The van der Waals surface area contributed by atoms with Gasteiger partial charge >= 0.3 is 5.91 Å². The number of aliphatic hydroxyl groups excluding tert-OH is 1. The predicted molar refractivity (Wildman–Crippen MR) is 152 cm³/mol. The first-order valence-electron chi connectivity index (χ1n) is 12.4. The summed E-state index contributed by atoms with van der Waals surface area (Å²) < 4.78 is 6.25. The number of hydrogen-bond acceptors (Lipinski definition) is 6. The molecule has 38 heavy (non-hydrogen) atoms. The molecule has 6 nitrogen and oxygen atoms in total. The summed E-state index contributed by atoms with van der Waals surface area (Å²) in [4.78, 5) is 33.4. The number of rotatable bonds is 4. The van der Waals surface area contributed by atoms with Gasteiger partial charge in [-0.3, -0.25) is 14.5 Å². The minimum Gasteiger partial charge on any atom is -0.507 e. The number of ether oxygens (including phenoxy) is 1. The van der Waals surface area contributed by atoms with Gasteiger partial charge in [0.2, 0.25) is 0 Å². The van der Waals surface area contributed by atoms with Crippen LogP contribution in [-0.4, -0.2) is 28.9 Å². The fourth-order valence-electron chi connectivity index (χ4n) is 4.90. The van der Waals surface area contributed by atoms with Gasteiger partial charge in [0.1, 0.15) is 11.5 Å². The van der Waals surface area contributed by atoms with E-state index in [9.17, 15) is 14.7 Å². The second kappa shape index (κ2) is 9.40. The lowest BCUT2D eigenvalue weighted by Gasteiger charge is -2.24. The van der Waals surface area contributed by atoms with Crippen molar-refractivity contribution in [2.45, 2.75) is 46.1 Å². The predicted octanol–water partition coefficient (Wildman–Crippen LogP) is 6.85. The number of benzene rings is 3. The number of aryl methyl sites for hydroxylation is 2. The third-order valence-electron chi connectivity index (χ3n) is 6.90. The molecule has 0 radical (unpaired) electrons. The molecule has 3 aromatic carbocycles. The number of amides is 1. The van der Waals surface area contributed by atoms with Crippen molar-refractivity contribution in [3.05, 3.63) is 94.1 Å². The molecule has 5 rings (SSSR count). The normalized spacial score (nSPS) is 17.4. The van der Waals surface area contributed by atoms with Crippen molar-refractivity contribution >= 4 is 44.1 Å². The highest BCUT2D eigenvalue weighted by molar-refractivity contribution is 7.22. The number of nitrogens with zero attached hydrogens (tertiary/aromatic N) is 2. The van der Waals surface area contributed by atoms with E-state index >= 15 is 0 Å². The number of hydrogen-bond donors (Lipinski definition) is 1. The van der Waals surface area contributed by atoms with Gasteiger partial charge in [0.25, 0.3) is 5.78 Å². The molecule has 1 aliphatic heterocycles. The average Bonchev–Trinajstić information content (AvgIpc) is 3.41. The van der Waals surface area contributed by atoms with Crippen LogP contribution in [0.1, 0.15) is 54.6 Å². The lowest BCUT2D eigenvalue weighted by molar-refractivity contribution is -0.132. The Hall–Kier alpha value is -3.97. The van der Waals surface area contributed by atoms with Crippen molar-refractivity contribution in [1.29, 1.82) is 0 Å². The van der Waals surface area contributed by atoms with E-state index in [1.54, 1.807) is 24.3 Å². The zero-order valence-electron chi connectivity index (χ0n) is 22.3. The van der Waals surface area contributed by atoms with E-state index in [0.717, 1.165) is 26.9 Å². The first-order chi connectivity index (χ1) is 18.0. The van der Waals surface area contributed by atoms with Crippen molar-refractivity contribution < 1.29 is 19.4 Å². The summed E-state index contributed by atoms with van der Waals surface area (Å²) in [5.74, 6) is -1.18. The Morgan fingerprint density at radius 2 is 1.74 bits per heavy atom. The van der Waals surface area contributed by atoms with E-state index in [1.165, 1.54) is 23.3 Å². The molecule has 1 aliphatic rings. The maximum Gasteiger partial charge on any atom is 0.301 e. The fraction of sp³-hybridized carbons (Fsp3) is 0.258. The fourth-order valence-corrected chi connectivity index (χ4v) is 6.07. The molecule has 0 saturated carbocycles. The van der Waals surface area contributed by atoms with Crippen LogP contribution in [0.4, 0.5) is 5.13 Å². The van der Waals surface area contributed by atoms with Gasteiger partial charge in [-0.2, -0.15) is 0 Å². The highest BCUT2D eigenvalue weighted by Crippen LogP contribution is 2.45. The van der Waals surface area contributed by atoms with Crippen LogP contribution in [0.15, 0.2) is 66.2 Å². The molecule has 2 heterocycles. The summed E-state index contributed by atoms with van der Waals surface area (Å²) in [6.45, 7) is 10.4. The third kappa shape index (κ3) is 4.37. The molecule has 0 unspecified atom stereocenters. The Morgan fingerprint density at radius 3 is 2.39 bits per heavy atom. The summed E-state index contributed by atoms with van der Waals surface area (Å²) >= 11 is 1.37. The summed E-state index contributed by atoms with van der Waals surface area (Å²) in [6, 6.07) is 17.9. The van der Waals surface area contributed by atoms with Crippen LogP contribution in [0.5, 0.6) is 5.75 Å². The van der Waals surface area contributed by atoms with Crippen molar-refractivity contribution in [2.24, 2.45) is 0 Å². The van der Waals surface area contributed by atoms with E-state index < -0.39 is 17.7 Å². The molecule has 1 fully saturated rings. The van der Waals surface area contributed by atoms with Crippen LogP contribution in [0.3, 0.4) is 0 Å².